The van der Waals surface area contributed by atoms with Crippen molar-refractivity contribution in [2.45, 2.75) is 25.0 Å². The fourth-order valence-electron chi connectivity index (χ4n) is 3.41. The minimum Gasteiger partial charge on any atom is -0.381 e. The van der Waals surface area contributed by atoms with Crippen molar-refractivity contribution in [2.24, 2.45) is 0 Å². The number of likely N-dealkylation sites (tertiary alicyclic amines) is 1. The van der Waals surface area contributed by atoms with Gasteiger partial charge in [-0.2, -0.15) is 0 Å². The van der Waals surface area contributed by atoms with Crippen LogP contribution in [-0.4, -0.2) is 41.1 Å². The third-order valence-corrected chi connectivity index (χ3v) is 5.00. The van der Waals surface area contributed by atoms with Gasteiger partial charge in [0, 0.05) is 24.0 Å². The number of Topliss-reactive ketones (excluding diaryl/α,β-unsaturated/α-hetero) is 1. The highest BCUT2D eigenvalue weighted by Crippen LogP contribution is 2.30. The van der Waals surface area contributed by atoms with Crippen LogP contribution >= 0.6 is 0 Å². The normalized spacial score (nSPS) is 27.6. The molecule has 1 aliphatic heterocycles. The number of aliphatic hydroxyl groups is 1. The maximum Gasteiger partial charge on any atom is 0.194 e. The van der Waals surface area contributed by atoms with Crippen molar-refractivity contribution >= 4 is 5.78 Å². The number of hydrogen-bond acceptors (Lipinski definition) is 2. The first kappa shape index (κ1) is 15.9. The Morgan fingerprint density at radius 1 is 1.00 bits per heavy atom. The maximum atomic E-state index is 12.6. The topological polar surface area (TPSA) is 37.3 Å². The zero-order valence-corrected chi connectivity index (χ0v) is 13.6. The summed E-state index contributed by atoms with van der Waals surface area (Å²) in [5.41, 5.74) is 0.694. The van der Waals surface area contributed by atoms with Crippen LogP contribution in [0.25, 0.3) is 0 Å². The van der Waals surface area contributed by atoms with E-state index in [1.807, 2.05) is 24.3 Å². The molecular weight excluding hydrogens is 286 g/mol. The molecule has 0 spiro atoms. The van der Waals surface area contributed by atoms with Crippen molar-refractivity contribution in [1.29, 1.82) is 0 Å². The number of hydrogen-bond donors (Lipinski definition) is 1. The van der Waals surface area contributed by atoms with Gasteiger partial charge in [-0.15, -0.1) is 0 Å². The molecule has 0 aliphatic carbocycles. The summed E-state index contributed by atoms with van der Waals surface area (Å²) in [7, 11) is 2.21. The molecule has 3 heteroatoms. The second-order valence-electron chi connectivity index (χ2n) is 6.94. The molecule has 0 amide bonds. The monoisotopic (exact) mass is 310 g/mol. The van der Waals surface area contributed by atoms with Crippen LogP contribution in [0.5, 0.6) is 0 Å². The van der Waals surface area contributed by atoms with Gasteiger partial charge in [-0.25, -0.2) is 0 Å². The number of rotatable bonds is 4. The van der Waals surface area contributed by atoms with E-state index >= 15 is 0 Å². The van der Waals surface area contributed by atoms with Crippen molar-refractivity contribution in [3.8, 4) is 0 Å². The fraction of sp³-hybridized carbons (Fsp3) is 0.350. The first-order chi connectivity index (χ1) is 11.0. The second-order valence-corrected chi connectivity index (χ2v) is 6.94. The lowest BCUT2D eigenvalue weighted by atomic mass is 9.83. The van der Waals surface area contributed by atoms with E-state index in [2.05, 4.69) is 31.3 Å². The summed E-state index contributed by atoms with van der Waals surface area (Å²) < 4.78 is 0.869. The van der Waals surface area contributed by atoms with Crippen LogP contribution in [0.3, 0.4) is 0 Å². The van der Waals surface area contributed by atoms with Crippen molar-refractivity contribution in [1.82, 2.24) is 0 Å². The van der Waals surface area contributed by atoms with Gasteiger partial charge < -0.3 is 9.59 Å². The second kappa shape index (κ2) is 6.26. The van der Waals surface area contributed by atoms with Gasteiger partial charge in [0.05, 0.1) is 20.1 Å². The molecule has 0 saturated carbocycles. The molecule has 3 nitrogen and oxygen atoms in total. The van der Waals surface area contributed by atoms with Crippen molar-refractivity contribution < 1.29 is 14.4 Å². The Bertz CT molecular complexity index is 659. The molecule has 0 atom stereocenters. The van der Waals surface area contributed by atoms with Gasteiger partial charge in [-0.05, 0) is 0 Å². The highest BCUT2D eigenvalue weighted by molar-refractivity contribution is 6.02. The van der Waals surface area contributed by atoms with Crippen molar-refractivity contribution in [3.05, 3.63) is 71.8 Å². The molecule has 1 heterocycles. The molecule has 23 heavy (non-hydrogen) atoms. The van der Waals surface area contributed by atoms with Crippen LogP contribution in [-0.2, 0) is 6.54 Å². The number of piperidine rings is 1. The molecule has 1 saturated heterocycles. The van der Waals surface area contributed by atoms with Gasteiger partial charge in [0.25, 0.3) is 0 Å². The van der Waals surface area contributed by atoms with Crippen LogP contribution in [0.4, 0.5) is 0 Å². The predicted molar refractivity (Wildman–Crippen MR) is 91.0 cm³/mol. The highest BCUT2D eigenvalue weighted by Gasteiger charge is 2.44. The zero-order chi connectivity index (χ0) is 16.3. The highest BCUT2D eigenvalue weighted by atomic mass is 16.3. The van der Waals surface area contributed by atoms with E-state index in [4.69, 9.17) is 0 Å². The number of benzene rings is 2. The third-order valence-electron chi connectivity index (χ3n) is 5.00. The van der Waals surface area contributed by atoms with Crippen molar-refractivity contribution in [2.75, 3.05) is 20.1 Å². The molecule has 2 aromatic rings. The molecule has 0 aromatic heterocycles. The van der Waals surface area contributed by atoms with E-state index in [1.165, 1.54) is 5.56 Å². The maximum absolute atomic E-state index is 12.6. The predicted octanol–water partition coefficient (Wildman–Crippen LogP) is 3.04. The zero-order valence-electron chi connectivity index (χ0n) is 13.6. The number of ketones is 1. The fourth-order valence-corrected chi connectivity index (χ4v) is 3.41. The molecule has 1 aliphatic rings. The number of nitrogens with zero attached hydrogens (tertiary/aromatic N) is 1. The first-order valence-electron chi connectivity index (χ1n) is 8.21. The van der Waals surface area contributed by atoms with E-state index in [9.17, 15) is 9.90 Å². The van der Waals surface area contributed by atoms with E-state index in [-0.39, 0.29) is 5.78 Å². The molecule has 0 radical (unpaired) electrons. The Kier molecular flexibility index (Phi) is 4.33. The molecule has 2 aromatic carbocycles. The number of quaternary nitrogens is 1. The SMILES string of the molecule is C[N+]1(Cc2ccccc2)CCC(O)(C(=O)c2ccccc2)CC1. The van der Waals surface area contributed by atoms with Crippen LogP contribution in [0, 0.1) is 0 Å². The molecule has 0 bridgehead atoms. The van der Waals surface area contributed by atoms with Crippen LogP contribution in [0.1, 0.15) is 28.8 Å². The van der Waals surface area contributed by atoms with E-state index in [0.717, 1.165) is 24.1 Å². The van der Waals surface area contributed by atoms with E-state index < -0.39 is 5.60 Å². The summed E-state index contributed by atoms with van der Waals surface area (Å²) in [6.45, 7) is 2.56. The Hall–Kier alpha value is -1.97. The first-order valence-corrected chi connectivity index (χ1v) is 8.21. The van der Waals surface area contributed by atoms with Crippen molar-refractivity contribution in [3.63, 3.8) is 0 Å². The average Bonchev–Trinajstić information content (AvgIpc) is 2.59. The van der Waals surface area contributed by atoms with Crippen LogP contribution in [0.2, 0.25) is 0 Å². The standard InChI is InChI=1S/C20H24NO2/c1-21(16-17-8-4-2-5-9-17)14-12-20(23,13-15-21)19(22)18-10-6-3-7-11-18/h2-11,23H,12-16H2,1H3/q+1. The van der Waals surface area contributed by atoms with E-state index in [1.54, 1.807) is 12.1 Å². The average molecular weight is 310 g/mol. The Morgan fingerprint density at radius 2 is 1.52 bits per heavy atom. The van der Waals surface area contributed by atoms with Gasteiger partial charge >= 0.3 is 0 Å². The minimum atomic E-state index is -1.21. The smallest absolute Gasteiger partial charge is 0.194 e. The summed E-state index contributed by atoms with van der Waals surface area (Å²) in [6, 6.07) is 19.6. The largest absolute Gasteiger partial charge is 0.381 e. The Morgan fingerprint density at radius 3 is 2.09 bits per heavy atom. The molecule has 3 rings (SSSR count). The molecule has 120 valence electrons. The Balaban J connectivity index is 1.68. The van der Waals surface area contributed by atoms with Gasteiger partial charge in [0.1, 0.15) is 12.1 Å². The summed E-state index contributed by atoms with van der Waals surface area (Å²) in [4.78, 5) is 12.6. The van der Waals surface area contributed by atoms with Crippen LogP contribution in [0.15, 0.2) is 60.7 Å². The molecule has 0 unspecified atom stereocenters. The summed E-state index contributed by atoms with van der Waals surface area (Å²) in [5, 5.41) is 10.8. The lowest BCUT2D eigenvalue weighted by Gasteiger charge is -2.43. The quantitative estimate of drug-likeness (QED) is 0.696. The third kappa shape index (κ3) is 3.52. The van der Waals surface area contributed by atoms with Gasteiger partial charge in [0.15, 0.2) is 5.78 Å². The van der Waals surface area contributed by atoms with Crippen LogP contribution < -0.4 is 0 Å². The lowest BCUT2D eigenvalue weighted by molar-refractivity contribution is -0.928. The summed E-state index contributed by atoms with van der Waals surface area (Å²) >= 11 is 0. The van der Waals surface area contributed by atoms with Gasteiger partial charge in [-0.3, -0.25) is 4.79 Å². The summed E-state index contributed by atoms with van der Waals surface area (Å²) in [5.74, 6) is -0.135. The van der Waals surface area contributed by atoms with Gasteiger partial charge in [-0.1, -0.05) is 60.7 Å². The molecule has 1 fully saturated rings. The molecule has 1 N–H and O–H groups in total. The minimum absolute atomic E-state index is 0.135. The number of carbonyl (C=O) groups excluding carboxylic acids is 1. The van der Waals surface area contributed by atoms with Gasteiger partial charge in [0.2, 0.25) is 0 Å². The Labute approximate surface area is 137 Å². The van der Waals surface area contributed by atoms with E-state index in [0.29, 0.717) is 18.4 Å². The number of carbonyl (C=O) groups is 1. The molecular formula is C20H24NO2+. The lowest BCUT2D eigenvalue weighted by Crippen LogP contribution is -2.57. The summed E-state index contributed by atoms with van der Waals surface area (Å²) in [6.07, 6.45) is 1.04.